The molecule has 3 rings (SSSR count). The van der Waals surface area contributed by atoms with E-state index in [2.05, 4.69) is 5.32 Å². The number of fused-ring (bicyclic) bond motifs is 1. The summed E-state index contributed by atoms with van der Waals surface area (Å²) in [5.41, 5.74) is 1.86. The summed E-state index contributed by atoms with van der Waals surface area (Å²) >= 11 is 1.49. The number of rotatable bonds is 2. The van der Waals surface area contributed by atoms with Gasteiger partial charge in [-0.15, -0.1) is 0 Å². The third kappa shape index (κ3) is 1.92. The van der Waals surface area contributed by atoms with Crippen molar-refractivity contribution in [3.05, 3.63) is 57.8 Å². The molecule has 1 aromatic heterocycles. The number of carboxylic acid groups (broad SMARTS) is 1. The van der Waals surface area contributed by atoms with Gasteiger partial charge in [-0.1, -0.05) is 18.2 Å². The Labute approximate surface area is 113 Å². The number of hydrogen-bond acceptors (Lipinski definition) is 3. The predicted molar refractivity (Wildman–Crippen MR) is 71.3 cm³/mol. The number of thiophene rings is 1. The monoisotopic (exact) mass is 273 g/mol. The van der Waals surface area contributed by atoms with Gasteiger partial charge < -0.3 is 10.4 Å². The fourth-order valence-electron chi connectivity index (χ4n) is 2.46. The van der Waals surface area contributed by atoms with Gasteiger partial charge in [0.25, 0.3) is 5.91 Å². The maximum atomic E-state index is 12.1. The molecule has 1 aromatic carbocycles. The first-order valence-electron chi connectivity index (χ1n) is 5.83. The Balaban J connectivity index is 2.14. The molecule has 5 heteroatoms. The van der Waals surface area contributed by atoms with Gasteiger partial charge in [0.05, 0.1) is 6.04 Å². The van der Waals surface area contributed by atoms with Gasteiger partial charge in [-0.25, -0.2) is 0 Å². The van der Waals surface area contributed by atoms with E-state index in [1.807, 2.05) is 16.8 Å². The SMILES string of the molecule is O=C1N[C@H](c2ccsc2)[C@@H](C(=O)O)c2ccccc21. The molecule has 2 heterocycles. The molecule has 0 saturated carbocycles. The number of nitrogens with one attached hydrogen (secondary N) is 1. The van der Waals surface area contributed by atoms with Crippen LogP contribution in [0.4, 0.5) is 0 Å². The highest BCUT2D eigenvalue weighted by Crippen LogP contribution is 2.37. The molecule has 1 amide bonds. The summed E-state index contributed by atoms with van der Waals surface area (Å²) in [6.07, 6.45) is 0. The van der Waals surface area contributed by atoms with Gasteiger partial charge in [-0.05, 0) is 34.0 Å². The average Bonchev–Trinajstić information content (AvgIpc) is 2.92. The number of benzene rings is 1. The summed E-state index contributed by atoms with van der Waals surface area (Å²) < 4.78 is 0. The molecule has 0 spiro atoms. The zero-order valence-electron chi connectivity index (χ0n) is 9.87. The first kappa shape index (κ1) is 11.9. The number of carbonyl (C=O) groups is 2. The fraction of sp³-hybridized carbons (Fsp3) is 0.143. The summed E-state index contributed by atoms with van der Waals surface area (Å²) in [5.74, 6) is -1.89. The normalized spacial score (nSPS) is 21.6. The highest BCUT2D eigenvalue weighted by Gasteiger charge is 2.38. The molecule has 0 unspecified atom stereocenters. The smallest absolute Gasteiger partial charge is 0.313 e. The summed E-state index contributed by atoms with van der Waals surface area (Å²) in [6, 6.07) is 8.21. The number of hydrogen-bond donors (Lipinski definition) is 2. The quantitative estimate of drug-likeness (QED) is 0.883. The molecule has 4 nitrogen and oxygen atoms in total. The van der Waals surface area contributed by atoms with Gasteiger partial charge >= 0.3 is 5.97 Å². The van der Waals surface area contributed by atoms with Crippen molar-refractivity contribution < 1.29 is 14.7 Å². The second-order valence-corrected chi connectivity index (χ2v) is 5.19. The molecule has 2 atom stereocenters. The molecule has 0 saturated heterocycles. The van der Waals surface area contributed by atoms with Crippen LogP contribution >= 0.6 is 11.3 Å². The van der Waals surface area contributed by atoms with Gasteiger partial charge in [-0.2, -0.15) is 11.3 Å². The van der Waals surface area contributed by atoms with Crippen LogP contribution < -0.4 is 5.32 Å². The van der Waals surface area contributed by atoms with Gasteiger partial charge in [0.1, 0.15) is 5.92 Å². The van der Waals surface area contributed by atoms with Crippen LogP contribution in [0.3, 0.4) is 0 Å². The van der Waals surface area contributed by atoms with Crippen molar-refractivity contribution >= 4 is 23.2 Å². The topological polar surface area (TPSA) is 66.4 Å². The van der Waals surface area contributed by atoms with E-state index in [-0.39, 0.29) is 5.91 Å². The Morgan fingerprint density at radius 2 is 2.05 bits per heavy atom. The molecule has 96 valence electrons. The zero-order chi connectivity index (χ0) is 13.4. The van der Waals surface area contributed by atoms with Gasteiger partial charge in [0.15, 0.2) is 0 Å². The van der Waals surface area contributed by atoms with E-state index in [4.69, 9.17) is 0 Å². The maximum absolute atomic E-state index is 12.1. The van der Waals surface area contributed by atoms with Crippen molar-refractivity contribution in [2.45, 2.75) is 12.0 Å². The molecule has 19 heavy (non-hydrogen) atoms. The first-order valence-corrected chi connectivity index (χ1v) is 6.77. The Morgan fingerprint density at radius 3 is 2.74 bits per heavy atom. The lowest BCUT2D eigenvalue weighted by atomic mass is 9.82. The number of amides is 1. The molecule has 0 fully saturated rings. The minimum Gasteiger partial charge on any atom is -0.481 e. The molecule has 0 radical (unpaired) electrons. The molecular weight excluding hydrogens is 262 g/mol. The van der Waals surface area contributed by atoms with Gasteiger partial charge in [0.2, 0.25) is 0 Å². The van der Waals surface area contributed by atoms with Crippen LogP contribution in [0.15, 0.2) is 41.1 Å². The predicted octanol–water partition coefficient (Wildman–Crippen LogP) is 2.40. The van der Waals surface area contributed by atoms with Gasteiger partial charge in [0, 0.05) is 5.56 Å². The van der Waals surface area contributed by atoms with Crippen LogP contribution in [0.5, 0.6) is 0 Å². The minimum atomic E-state index is -0.927. The third-order valence-corrected chi connectivity index (χ3v) is 4.03. The lowest BCUT2D eigenvalue weighted by Gasteiger charge is -2.31. The molecule has 2 aromatic rings. The zero-order valence-corrected chi connectivity index (χ0v) is 10.7. The number of aliphatic carboxylic acids is 1. The molecular formula is C14H11NO3S. The summed E-state index contributed by atoms with van der Waals surface area (Å²) in [4.78, 5) is 23.6. The number of carboxylic acids is 1. The van der Waals surface area contributed by atoms with Crippen LogP contribution in [0.25, 0.3) is 0 Å². The fourth-order valence-corrected chi connectivity index (χ4v) is 3.16. The molecule has 2 N–H and O–H groups in total. The van der Waals surface area contributed by atoms with Crippen LogP contribution in [0.1, 0.15) is 33.4 Å². The van der Waals surface area contributed by atoms with E-state index in [0.717, 1.165) is 5.56 Å². The van der Waals surface area contributed by atoms with Crippen molar-refractivity contribution in [1.29, 1.82) is 0 Å². The van der Waals surface area contributed by atoms with E-state index >= 15 is 0 Å². The van der Waals surface area contributed by atoms with Crippen LogP contribution in [0, 0.1) is 0 Å². The standard InChI is InChI=1S/C14H11NO3S/c16-13-10-4-2-1-3-9(10)11(14(17)18)12(15-13)8-5-6-19-7-8/h1-7,11-12H,(H,15,16)(H,17,18)/t11-,12+/m0/s1. The summed E-state index contributed by atoms with van der Waals surface area (Å²) in [6.45, 7) is 0. The van der Waals surface area contributed by atoms with Crippen LogP contribution in [0.2, 0.25) is 0 Å². The Kier molecular flexibility index (Phi) is 2.83. The average molecular weight is 273 g/mol. The second kappa shape index (κ2) is 4.51. The van der Waals surface area contributed by atoms with Gasteiger partial charge in [-0.3, -0.25) is 9.59 Å². The van der Waals surface area contributed by atoms with Crippen molar-refractivity contribution in [1.82, 2.24) is 5.32 Å². The Hall–Kier alpha value is -2.14. The van der Waals surface area contributed by atoms with Crippen molar-refractivity contribution in [3.8, 4) is 0 Å². The van der Waals surface area contributed by atoms with E-state index in [0.29, 0.717) is 11.1 Å². The largest absolute Gasteiger partial charge is 0.481 e. The van der Waals surface area contributed by atoms with E-state index in [9.17, 15) is 14.7 Å². The summed E-state index contributed by atoms with van der Waals surface area (Å²) in [7, 11) is 0. The Bertz CT molecular complexity index is 636. The van der Waals surface area contributed by atoms with Crippen LogP contribution in [-0.4, -0.2) is 17.0 Å². The molecule has 0 bridgehead atoms. The van der Waals surface area contributed by atoms with Crippen LogP contribution in [-0.2, 0) is 4.79 Å². The van der Waals surface area contributed by atoms with E-state index in [1.54, 1.807) is 24.3 Å². The third-order valence-electron chi connectivity index (χ3n) is 3.33. The molecule has 1 aliphatic heterocycles. The highest BCUT2D eigenvalue weighted by molar-refractivity contribution is 7.08. The molecule has 0 aliphatic carbocycles. The maximum Gasteiger partial charge on any atom is 0.313 e. The first-order chi connectivity index (χ1) is 9.18. The molecule has 1 aliphatic rings. The van der Waals surface area contributed by atoms with Crippen molar-refractivity contribution in [2.24, 2.45) is 0 Å². The van der Waals surface area contributed by atoms with Crippen molar-refractivity contribution in [3.63, 3.8) is 0 Å². The summed E-state index contributed by atoms with van der Waals surface area (Å²) in [5, 5.41) is 16.0. The highest BCUT2D eigenvalue weighted by atomic mass is 32.1. The minimum absolute atomic E-state index is 0.218. The lowest BCUT2D eigenvalue weighted by molar-refractivity contribution is -0.139. The van der Waals surface area contributed by atoms with Crippen molar-refractivity contribution in [2.75, 3.05) is 0 Å². The lowest BCUT2D eigenvalue weighted by Crippen LogP contribution is -2.41. The number of carbonyl (C=O) groups excluding carboxylic acids is 1. The Morgan fingerprint density at radius 1 is 1.26 bits per heavy atom. The van der Waals surface area contributed by atoms with E-state index in [1.165, 1.54) is 11.3 Å². The van der Waals surface area contributed by atoms with E-state index < -0.39 is 17.9 Å². The second-order valence-electron chi connectivity index (χ2n) is 4.41.